The van der Waals surface area contributed by atoms with E-state index in [2.05, 4.69) is 4.98 Å². The Kier molecular flexibility index (Phi) is 5.19. The van der Waals surface area contributed by atoms with Crippen molar-refractivity contribution in [2.24, 2.45) is 0 Å². The maximum Gasteiger partial charge on any atom is 0.351 e. The van der Waals surface area contributed by atoms with Gasteiger partial charge in [0.2, 0.25) is 0 Å². The smallest absolute Gasteiger partial charge is 0.351 e. The van der Waals surface area contributed by atoms with Gasteiger partial charge in [-0.3, -0.25) is 9.09 Å². The summed E-state index contributed by atoms with van der Waals surface area (Å²) in [7, 11) is 0. The minimum absolute atomic E-state index is 0.0962. The molecule has 146 valence electrons. The van der Waals surface area contributed by atoms with Crippen molar-refractivity contribution >= 4 is 24.3 Å². The van der Waals surface area contributed by atoms with Crippen molar-refractivity contribution in [1.82, 2.24) is 9.55 Å². The lowest BCUT2D eigenvalue weighted by molar-refractivity contribution is -0.204. The van der Waals surface area contributed by atoms with E-state index in [0.29, 0.717) is 0 Å². The average molecular weight is 415 g/mol. The summed E-state index contributed by atoms with van der Waals surface area (Å²) < 4.78 is 64.5. The van der Waals surface area contributed by atoms with Gasteiger partial charge in [0.15, 0.2) is 18.0 Å². The van der Waals surface area contributed by atoms with Crippen LogP contribution in [0.15, 0.2) is 17.1 Å². The highest BCUT2D eigenvalue weighted by Crippen LogP contribution is 2.61. The van der Waals surface area contributed by atoms with Crippen molar-refractivity contribution in [2.75, 3.05) is 12.3 Å². The molecule has 13 heteroatoms. The predicted molar refractivity (Wildman–Crippen MR) is 88.0 cm³/mol. The van der Waals surface area contributed by atoms with Crippen molar-refractivity contribution in [1.29, 1.82) is 0 Å². The molecule has 26 heavy (non-hydrogen) atoms. The lowest BCUT2D eigenvalue weighted by Crippen LogP contribution is -2.55. The van der Waals surface area contributed by atoms with Crippen LogP contribution in [0.4, 0.5) is 19.0 Å². The van der Waals surface area contributed by atoms with E-state index in [0.717, 1.165) is 10.8 Å². The fourth-order valence-corrected chi connectivity index (χ4v) is 5.34. The molecule has 3 rings (SSSR count). The molecule has 0 aromatic carbocycles. The first-order valence-corrected chi connectivity index (χ1v) is 10.2. The molecular formula is C13H17F3N3O5PS. The molecule has 8 nitrogen and oxygen atoms in total. The molecule has 0 bridgehead atoms. The van der Waals surface area contributed by atoms with Gasteiger partial charge < -0.3 is 19.5 Å². The van der Waals surface area contributed by atoms with Crippen molar-refractivity contribution < 1.29 is 31.5 Å². The summed E-state index contributed by atoms with van der Waals surface area (Å²) in [6.45, 7) is -0.871. The zero-order valence-electron chi connectivity index (χ0n) is 13.8. The van der Waals surface area contributed by atoms with E-state index < -0.39 is 55.6 Å². The number of rotatable bonds is 4. The molecule has 2 fully saturated rings. The van der Waals surface area contributed by atoms with Crippen LogP contribution in [0, 0.1) is 0 Å². The molecule has 2 N–H and O–H groups in total. The van der Waals surface area contributed by atoms with Crippen molar-refractivity contribution in [2.45, 2.75) is 50.5 Å². The molecule has 0 radical (unpaired) electrons. The summed E-state index contributed by atoms with van der Waals surface area (Å²) >= 11 is 5.12. The molecule has 0 spiro atoms. The number of anilines is 1. The SMILES string of the molecule is CC(C)OP1(=S)OC[C@]2(C(F)F)O[C@H](n3ccc(N)nc3=O)[C@@H](F)[C@H]2O1. The second-order valence-corrected chi connectivity index (χ2v) is 9.07. The van der Waals surface area contributed by atoms with E-state index >= 15 is 4.39 Å². The largest absolute Gasteiger partial charge is 0.383 e. The Morgan fingerprint density at radius 2 is 2.23 bits per heavy atom. The third-order valence-electron chi connectivity index (χ3n) is 3.91. The minimum Gasteiger partial charge on any atom is -0.383 e. The summed E-state index contributed by atoms with van der Waals surface area (Å²) in [4.78, 5) is 15.4. The van der Waals surface area contributed by atoms with Crippen LogP contribution in [0.25, 0.3) is 0 Å². The van der Waals surface area contributed by atoms with E-state index in [4.69, 9.17) is 35.8 Å². The first-order chi connectivity index (χ1) is 12.1. The molecule has 5 atom stereocenters. The third kappa shape index (κ3) is 3.30. The number of nitrogen functional groups attached to an aromatic ring is 1. The fourth-order valence-electron chi connectivity index (χ4n) is 2.77. The predicted octanol–water partition coefficient (Wildman–Crippen LogP) is 1.76. The molecule has 0 aliphatic carbocycles. The van der Waals surface area contributed by atoms with Crippen molar-refractivity contribution in [3.05, 3.63) is 22.7 Å². The Morgan fingerprint density at radius 1 is 1.54 bits per heavy atom. The standard InChI is InChI=1S/C13H17F3N3O5PS/c1-6(2)23-25(26)21-5-13(11(15)16)9(24-25)8(14)10(22-13)19-4-3-7(17)18-12(19)20/h3-4,6,8-11H,5H2,1-2H3,(H2,17,18,20)/t8-,9+,10-,13-,25?/m0/s1. The van der Waals surface area contributed by atoms with Crippen LogP contribution in [0.2, 0.25) is 0 Å². The molecule has 1 aromatic heterocycles. The minimum atomic E-state index is -3.44. The number of halogens is 3. The summed E-state index contributed by atoms with van der Waals surface area (Å²) in [5.41, 5.74) is 2.02. The average Bonchev–Trinajstić information content (AvgIpc) is 2.80. The van der Waals surface area contributed by atoms with Gasteiger partial charge in [-0.2, -0.15) is 4.98 Å². The molecular weight excluding hydrogens is 398 g/mol. The first-order valence-electron chi connectivity index (χ1n) is 7.64. The van der Waals surface area contributed by atoms with Crippen molar-refractivity contribution in [3.8, 4) is 0 Å². The van der Waals surface area contributed by atoms with Gasteiger partial charge in [0.25, 0.3) is 6.43 Å². The van der Waals surface area contributed by atoms with Gasteiger partial charge in [-0.25, -0.2) is 18.0 Å². The lowest BCUT2D eigenvalue weighted by atomic mass is 9.97. The number of nitrogens with two attached hydrogens (primary N) is 1. The monoisotopic (exact) mass is 415 g/mol. The van der Waals surface area contributed by atoms with Crippen LogP contribution in [0.1, 0.15) is 20.1 Å². The second kappa shape index (κ2) is 6.84. The number of ether oxygens (including phenoxy) is 1. The quantitative estimate of drug-likeness (QED) is 0.743. The molecule has 0 amide bonds. The highest BCUT2D eigenvalue weighted by Gasteiger charge is 2.67. The normalized spacial score (nSPS) is 37.3. The Morgan fingerprint density at radius 3 is 2.81 bits per heavy atom. The Balaban J connectivity index is 1.97. The van der Waals surface area contributed by atoms with Crippen LogP contribution in [0.5, 0.6) is 0 Å². The number of hydrogen-bond donors (Lipinski definition) is 1. The van der Waals surface area contributed by atoms with Gasteiger partial charge in [-0.15, -0.1) is 0 Å². The zero-order valence-corrected chi connectivity index (χ0v) is 15.5. The fraction of sp³-hybridized carbons (Fsp3) is 0.692. The number of fused-ring (bicyclic) bond motifs is 1. The molecule has 3 heterocycles. The maximum atomic E-state index is 15.0. The second-order valence-electron chi connectivity index (χ2n) is 6.15. The molecule has 2 aliphatic rings. The first kappa shape index (κ1) is 19.7. The summed E-state index contributed by atoms with van der Waals surface area (Å²) in [5.74, 6) is -0.0962. The van der Waals surface area contributed by atoms with Gasteiger partial charge in [-0.05, 0) is 31.7 Å². The summed E-state index contributed by atoms with van der Waals surface area (Å²) in [5, 5.41) is 0. The number of nitrogens with zero attached hydrogens (tertiary/aromatic N) is 2. The van der Waals surface area contributed by atoms with Gasteiger partial charge >= 0.3 is 12.4 Å². The Hall–Kier alpha value is -1.04. The highest BCUT2D eigenvalue weighted by molar-refractivity contribution is 8.07. The molecule has 2 saturated heterocycles. The van der Waals surface area contributed by atoms with E-state index in [1.165, 1.54) is 6.07 Å². The number of hydrogen-bond acceptors (Lipinski definition) is 8. The van der Waals surface area contributed by atoms with Gasteiger partial charge in [0.05, 0.1) is 12.7 Å². The third-order valence-corrected chi connectivity index (χ3v) is 6.35. The molecule has 1 aromatic rings. The van der Waals surface area contributed by atoms with Crippen LogP contribution in [-0.4, -0.2) is 46.6 Å². The Labute approximate surface area is 151 Å². The maximum absolute atomic E-state index is 15.0. The topological polar surface area (TPSA) is 97.8 Å². The van der Waals surface area contributed by atoms with Crippen molar-refractivity contribution in [3.63, 3.8) is 0 Å². The van der Waals surface area contributed by atoms with E-state index in [1.54, 1.807) is 13.8 Å². The summed E-state index contributed by atoms with van der Waals surface area (Å²) in [6.07, 6.45) is -8.06. The highest BCUT2D eigenvalue weighted by atomic mass is 32.5. The van der Waals surface area contributed by atoms with Crippen LogP contribution in [0.3, 0.4) is 0 Å². The molecule has 1 unspecified atom stereocenters. The molecule has 0 saturated carbocycles. The number of alkyl halides is 3. The van der Waals surface area contributed by atoms with Gasteiger partial charge in [0.1, 0.15) is 11.9 Å². The summed E-state index contributed by atoms with van der Waals surface area (Å²) in [6, 6.07) is 1.22. The van der Waals surface area contributed by atoms with E-state index in [9.17, 15) is 13.6 Å². The van der Waals surface area contributed by atoms with Crippen LogP contribution in [-0.2, 0) is 30.1 Å². The lowest BCUT2D eigenvalue weighted by Gasteiger charge is -2.41. The number of aromatic nitrogens is 2. The Bertz CT molecular complexity index is 797. The van der Waals surface area contributed by atoms with Gasteiger partial charge in [-0.1, -0.05) is 0 Å². The van der Waals surface area contributed by atoms with Crippen LogP contribution >= 0.6 is 6.72 Å². The molecule has 2 aliphatic heterocycles. The van der Waals surface area contributed by atoms with Crippen LogP contribution < -0.4 is 11.4 Å². The van der Waals surface area contributed by atoms with E-state index in [-0.39, 0.29) is 5.82 Å². The zero-order chi connectivity index (χ0) is 19.3. The van der Waals surface area contributed by atoms with E-state index in [1.807, 2.05) is 0 Å². The van der Waals surface area contributed by atoms with Gasteiger partial charge in [0, 0.05) is 6.20 Å².